The number of carbonyl (C=O) groups is 2. The molecule has 4 N–H and O–H groups in total. The maximum absolute atomic E-state index is 10.5. The van der Waals surface area contributed by atoms with Crippen LogP contribution in [-0.4, -0.2) is 17.0 Å². The fourth-order valence-electron chi connectivity index (χ4n) is 0.497. The molecule has 0 heterocycles. The van der Waals surface area contributed by atoms with Crippen molar-refractivity contribution >= 4 is 11.9 Å². The van der Waals surface area contributed by atoms with Gasteiger partial charge in [0.15, 0.2) is 0 Å². The van der Waals surface area contributed by atoms with Crippen molar-refractivity contribution in [3.63, 3.8) is 0 Å². The molecule has 58 valence electrons. The van der Waals surface area contributed by atoms with Crippen molar-refractivity contribution in [1.82, 2.24) is 5.43 Å². The van der Waals surface area contributed by atoms with Crippen LogP contribution in [-0.2, 0) is 9.59 Å². The summed E-state index contributed by atoms with van der Waals surface area (Å²) in [4.78, 5) is 20.6. The van der Waals surface area contributed by atoms with Crippen LogP contribution in [0, 0.1) is 5.92 Å². The van der Waals surface area contributed by atoms with Gasteiger partial charge in [0.2, 0.25) is 5.91 Å². The van der Waals surface area contributed by atoms with Gasteiger partial charge >= 0.3 is 5.97 Å². The second-order valence-electron chi connectivity index (χ2n) is 2.01. The molecule has 0 rings (SSSR count). The van der Waals surface area contributed by atoms with E-state index in [-0.39, 0.29) is 6.42 Å². The molecule has 0 bridgehead atoms. The lowest BCUT2D eigenvalue weighted by atomic mass is 10.1. The van der Waals surface area contributed by atoms with Crippen LogP contribution in [0.25, 0.3) is 0 Å². The zero-order valence-electron chi connectivity index (χ0n) is 5.63. The van der Waals surface area contributed by atoms with Crippen molar-refractivity contribution in [2.45, 2.75) is 13.3 Å². The molecular weight excluding hydrogens is 136 g/mol. The lowest BCUT2D eigenvalue weighted by Crippen LogP contribution is -2.35. The number of rotatable bonds is 3. The molecule has 0 aromatic carbocycles. The number of carboxylic acids is 1. The zero-order chi connectivity index (χ0) is 8.15. The smallest absolute Gasteiger partial charge is 0.304 e. The molecule has 0 radical (unpaired) electrons. The largest absolute Gasteiger partial charge is 0.481 e. The molecule has 0 fully saturated rings. The number of hydrogen-bond donors (Lipinski definition) is 3. The van der Waals surface area contributed by atoms with Crippen LogP contribution in [0.2, 0.25) is 0 Å². The highest BCUT2D eigenvalue weighted by Crippen LogP contribution is 1.99. The maximum Gasteiger partial charge on any atom is 0.304 e. The van der Waals surface area contributed by atoms with Crippen LogP contribution in [0.15, 0.2) is 0 Å². The van der Waals surface area contributed by atoms with Gasteiger partial charge in [0.05, 0.1) is 6.42 Å². The summed E-state index contributed by atoms with van der Waals surface area (Å²) < 4.78 is 0. The summed E-state index contributed by atoms with van der Waals surface area (Å²) in [6.45, 7) is 1.50. The van der Waals surface area contributed by atoms with E-state index in [0.717, 1.165) is 0 Å². The van der Waals surface area contributed by atoms with E-state index < -0.39 is 17.8 Å². The monoisotopic (exact) mass is 146 g/mol. The molecule has 0 saturated heterocycles. The Bertz CT molecular complexity index is 146. The van der Waals surface area contributed by atoms with Gasteiger partial charge in [0.25, 0.3) is 0 Å². The first-order valence-electron chi connectivity index (χ1n) is 2.80. The van der Waals surface area contributed by atoms with E-state index in [1.165, 1.54) is 6.92 Å². The van der Waals surface area contributed by atoms with E-state index in [4.69, 9.17) is 10.9 Å². The van der Waals surface area contributed by atoms with E-state index in [1.54, 1.807) is 0 Å². The zero-order valence-corrected chi connectivity index (χ0v) is 5.63. The topological polar surface area (TPSA) is 92.4 Å². The van der Waals surface area contributed by atoms with Crippen LogP contribution in [0.3, 0.4) is 0 Å². The van der Waals surface area contributed by atoms with Crippen LogP contribution in [0.5, 0.6) is 0 Å². The summed E-state index contributed by atoms with van der Waals surface area (Å²) >= 11 is 0. The first-order chi connectivity index (χ1) is 4.57. The third-order valence-electron chi connectivity index (χ3n) is 1.07. The molecule has 0 saturated carbocycles. The molecule has 1 unspecified atom stereocenters. The van der Waals surface area contributed by atoms with E-state index in [9.17, 15) is 9.59 Å². The van der Waals surface area contributed by atoms with Crippen LogP contribution in [0.4, 0.5) is 0 Å². The maximum atomic E-state index is 10.5. The third kappa shape index (κ3) is 3.03. The molecular formula is C5H10N2O3. The number of hydrogen-bond acceptors (Lipinski definition) is 3. The Morgan fingerprint density at radius 1 is 1.70 bits per heavy atom. The second-order valence-corrected chi connectivity index (χ2v) is 2.01. The standard InChI is InChI=1S/C5H10N2O3/c1-3(2-4(8)9)5(10)7-6/h3H,2,6H2,1H3,(H,7,10)(H,8,9). The average molecular weight is 146 g/mol. The molecule has 10 heavy (non-hydrogen) atoms. The van der Waals surface area contributed by atoms with Crippen molar-refractivity contribution in [2.75, 3.05) is 0 Å². The summed E-state index contributed by atoms with van der Waals surface area (Å²) in [6, 6.07) is 0. The molecule has 1 atom stereocenters. The lowest BCUT2D eigenvalue weighted by molar-refractivity contribution is -0.140. The fraction of sp³-hybridized carbons (Fsp3) is 0.600. The van der Waals surface area contributed by atoms with Crippen LogP contribution in [0.1, 0.15) is 13.3 Å². The first kappa shape index (κ1) is 8.90. The highest BCUT2D eigenvalue weighted by Gasteiger charge is 2.14. The number of aliphatic carboxylic acids is 1. The first-order valence-corrected chi connectivity index (χ1v) is 2.80. The number of carboxylic acid groups (broad SMARTS) is 1. The molecule has 1 amide bonds. The molecule has 0 spiro atoms. The number of nitrogens with one attached hydrogen (secondary N) is 1. The summed E-state index contributed by atoms with van der Waals surface area (Å²) in [7, 11) is 0. The van der Waals surface area contributed by atoms with Gasteiger partial charge in [-0.1, -0.05) is 6.92 Å². The minimum Gasteiger partial charge on any atom is -0.481 e. The van der Waals surface area contributed by atoms with Crippen LogP contribution < -0.4 is 11.3 Å². The number of carbonyl (C=O) groups excluding carboxylic acids is 1. The molecule has 0 aliphatic carbocycles. The summed E-state index contributed by atoms with van der Waals surface area (Å²) in [5, 5.41) is 8.21. The molecule has 5 nitrogen and oxygen atoms in total. The van der Waals surface area contributed by atoms with Gasteiger partial charge in [-0.15, -0.1) is 0 Å². The Balaban J connectivity index is 3.72. The molecule has 0 aromatic rings. The Labute approximate surface area is 58.2 Å². The van der Waals surface area contributed by atoms with E-state index in [2.05, 4.69) is 0 Å². The van der Waals surface area contributed by atoms with E-state index in [0.29, 0.717) is 0 Å². The predicted molar refractivity (Wildman–Crippen MR) is 33.7 cm³/mol. The summed E-state index contributed by atoms with van der Waals surface area (Å²) in [5.74, 6) is 2.73. The molecule has 5 heteroatoms. The van der Waals surface area contributed by atoms with Gasteiger partial charge in [-0.2, -0.15) is 0 Å². The molecule has 0 aromatic heterocycles. The van der Waals surface area contributed by atoms with Gasteiger partial charge in [0.1, 0.15) is 0 Å². The van der Waals surface area contributed by atoms with Crippen molar-refractivity contribution in [3.05, 3.63) is 0 Å². The van der Waals surface area contributed by atoms with Crippen molar-refractivity contribution in [1.29, 1.82) is 0 Å². The molecule has 0 aliphatic rings. The number of nitrogens with two attached hydrogens (primary N) is 1. The third-order valence-corrected chi connectivity index (χ3v) is 1.07. The lowest BCUT2D eigenvalue weighted by Gasteiger charge is -2.04. The fourth-order valence-corrected chi connectivity index (χ4v) is 0.497. The van der Waals surface area contributed by atoms with Gasteiger partial charge in [0, 0.05) is 5.92 Å². The normalized spacial score (nSPS) is 12.2. The molecule has 0 aliphatic heterocycles. The second kappa shape index (κ2) is 3.84. The number of amides is 1. The van der Waals surface area contributed by atoms with Gasteiger partial charge < -0.3 is 5.11 Å². The van der Waals surface area contributed by atoms with Gasteiger partial charge in [-0.25, -0.2) is 5.84 Å². The quantitative estimate of drug-likeness (QED) is 0.273. The van der Waals surface area contributed by atoms with Crippen molar-refractivity contribution in [2.24, 2.45) is 11.8 Å². The Morgan fingerprint density at radius 3 is 2.50 bits per heavy atom. The average Bonchev–Trinajstić information content (AvgIpc) is 1.85. The summed E-state index contributed by atoms with van der Waals surface area (Å²) in [5.41, 5.74) is 1.87. The highest BCUT2D eigenvalue weighted by molar-refractivity contribution is 5.82. The Hall–Kier alpha value is -1.10. The van der Waals surface area contributed by atoms with Crippen molar-refractivity contribution < 1.29 is 14.7 Å². The van der Waals surface area contributed by atoms with Gasteiger partial charge in [-0.3, -0.25) is 15.0 Å². The van der Waals surface area contributed by atoms with Crippen LogP contribution >= 0.6 is 0 Å². The predicted octanol–water partition coefficient (Wildman–Crippen LogP) is -0.913. The number of hydrazine groups is 1. The Kier molecular flexibility index (Phi) is 3.42. The minimum absolute atomic E-state index is 0.191. The van der Waals surface area contributed by atoms with Gasteiger partial charge in [-0.05, 0) is 0 Å². The SMILES string of the molecule is CC(CC(=O)O)C(=O)NN. The van der Waals surface area contributed by atoms with E-state index in [1.807, 2.05) is 5.43 Å². The van der Waals surface area contributed by atoms with E-state index >= 15 is 0 Å². The summed E-state index contributed by atoms with van der Waals surface area (Å²) in [6.07, 6.45) is -0.191. The van der Waals surface area contributed by atoms with Crippen molar-refractivity contribution in [3.8, 4) is 0 Å². The minimum atomic E-state index is -1.00. The Morgan fingerprint density at radius 2 is 2.20 bits per heavy atom. The highest BCUT2D eigenvalue weighted by atomic mass is 16.4.